The van der Waals surface area contributed by atoms with E-state index in [1.807, 2.05) is 6.92 Å². The third-order valence-corrected chi connectivity index (χ3v) is 4.54. The summed E-state index contributed by atoms with van der Waals surface area (Å²) in [5.41, 5.74) is -0.346. The van der Waals surface area contributed by atoms with Crippen LogP contribution in [0.4, 0.5) is 5.82 Å². The molecule has 130 valence electrons. The van der Waals surface area contributed by atoms with Crippen molar-refractivity contribution in [2.45, 2.75) is 19.9 Å². The van der Waals surface area contributed by atoms with Crippen LogP contribution in [0.25, 0.3) is 6.08 Å². The number of allylic oxidation sites excluding steroid dienone is 1. The van der Waals surface area contributed by atoms with Crippen LogP contribution in [-0.2, 0) is 13.6 Å². The minimum absolute atomic E-state index is 0.0353. The average molecular weight is 380 g/mol. The largest absolute Gasteiger partial charge is 0.338 e. The molecule has 1 aromatic carbocycles. The topological polar surface area (TPSA) is 73.1 Å². The Kier molecular flexibility index (Phi) is 4.58. The van der Waals surface area contributed by atoms with Gasteiger partial charge in [0.25, 0.3) is 5.56 Å². The molecule has 2 aromatic rings. The number of halogens is 2. The number of carbonyl (C=O) groups is 1. The van der Waals surface area contributed by atoms with Crippen LogP contribution in [0, 0.1) is 0 Å². The fraction of sp³-hybridized carbons (Fsp3) is 0.235. The Morgan fingerprint density at radius 1 is 1.20 bits per heavy atom. The smallest absolute Gasteiger partial charge is 0.332 e. The summed E-state index contributed by atoms with van der Waals surface area (Å²) in [6, 6.07) is 4.89. The van der Waals surface area contributed by atoms with Crippen molar-refractivity contribution in [3.05, 3.63) is 65.9 Å². The Bertz CT molecular complexity index is 1030. The molecule has 0 aliphatic carbocycles. The van der Waals surface area contributed by atoms with Gasteiger partial charge in [-0.2, -0.15) is 0 Å². The van der Waals surface area contributed by atoms with Gasteiger partial charge < -0.3 is 5.32 Å². The zero-order chi connectivity index (χ0) is 18.3. The highest BCUT2D eigenvalue weighted by atomic mass is 35.5. The molecule has 0 saturated carbocycles. The van der Waals surface area contributed by atoms with Gasteiger partial charge in [0.05, 0.1) is 5.70 Å². The van der Waals surface area contributed by atoms with Crippen LogP contribution in [0.3, 0.4) is 0 Å². The minimum Gasteiger partial charge on any atom is -0.338 e. The number of benzene rings is 1. The molecule has 1 aromatic heterocycles. The maximum absolute atomic E-state index is 12.7. The summed E-state index contributed by atoms with van der Waals surface area (Å²) in [4.78, 5) is 37.4. The normalized spacial score (nSPS) is 14.7. The highest BCUT2D eigenvalue weighted by Crippen LogP contribution is 2.28. The first-order valence-electron chi connectivity index (χ1n) is 7.67. The molecular formula is C17H15Cl2N3O3. The van der Waals surface area contributed by atoms with Gasteiger partial charge in [0.2, 0.25) is 5.78 Å². The van der Waals surface area contributed by atoms with E-state index in [0.717, 1.165) is 4.57 Å². The molecule has 2 heterocycles. The lowest BCUT2D eigenvalue weighted by Gasteiger charge is -2.11. The van der Waals surface area contributed by atoms with E-state index in [1.165, 1.54) is 11.6 Å². The number of ketones is 1. The summed E-state index contributed by atoms with van der Waals surface area (Å²) in [5.74, 6) is -0.234. The number of fused-ring (bicyclic) bond motifs is 1. The van der Waals surface area contributed by atoms with Crippen LogP contribution >= 0.6 is 23.2 Å². The second kappa shape index (κ2) is 6.54. The van der Waals surface area contributed by atoms with Crippen LogP contribution in [0.1, 0.15) is 29.3 Å². The summed E-state index contributed by atoms with van der Waals surface area (Å²) < 4.78 is 2.35. The first-order chi connectivity index (χ1) is 11.8. The molecule has 0 fully saturated rings. The van der Waals surface area contributed by atoms with Crippen molar-refractivity contribution in [2.24, 2.45) is 7.05 Å². The van der Waals surface area contributed by atoms with Gasteiger partial charge in [-0.1, -0.05) is 36.2 Å². The Hall–Kier alpha value is -2.31. The molecule has 0 unspecified atom stereocenters. The Morgan fingerprint density at radius 3 is 2.56 bits per heavy atom. The summed E-state index contributed by atoms with van der Waals surface area (Å²) in [6.07, 6.45) is 2.23. The van der Waals surface area contributed by atoms with Gasteiger partial charge in [0.15, 0.2) is 0 Å². The van der Waals surface area contributed by atoms with E-state index in [0.29, 0.717) is 28.6 Å². The summed E-state index contributed by atoms with van der Waals surface area (Å²) >= 11 is 12.0. The maximum atomic E-state index is 12.7. The predicted molar refractivity (Wildman–Crippen MR) is 98.6 cm³/mol. The molecule has 1 aliphatic heterocycles. The van der Waals surface area contributed by atoms with Gasteiger partial charge in [-0.25, -0.2) is 4.79 Å². The van der Waals surface area contributed by atoms with E-state index in [-0.39, 0.29) is 17.1 Å². The Morgan fingerprint density at radius 2 is 1.92 bits per heavy atom. The van der Waals surface area contributed by atoms with E-state index >= 15 is 0 Å². The van der Waals surface area contributed by atoms with Crippen LogP contribution in [0.15, 0.2) is 33.5 Å². The van der Waals surface area contributed by atoms with E-state index in [4.69, 9.17) is 23.2 Å². The van der Waals surface area contributed by atoms with Gasteiger partial charge in [0.1, 0.15) is 11.4 Å². The van der Waals surface area contributed by atoms with Gasteiger partial charge in [0, 0.05) is 23.6 Å². The zero-order valence-electron chi connectivity index (χ0n) is 13.6. The molecule has 0 atom stereocenters. The van der Waals surface area contributed by atoms with Crippen molar-refractivity contribution in [3.8, 4) is 0 Å². The molecule has 0 bridgehead atoms. The third kappa shape index (κ3) is 2.92. The molecule has 0 spiro atoms. The van der Waals surface area contributed by atoms with E-state index in [2.05, 4.69) is 5.32 Å². The molecule has 0 radical (unpaired) electrons. The number of Topliss-reactive ketones (excluding diaryl/α,β-unsaturated/α-hetero) is 1. The van der Waals surface area contributed by atoms with Crippen molar-refractivity contribution >= 4 is 40.9 Å². The molecule has 0 saturated heterocycles. The minimum atomic E-state index is -0.615. The molecular weight excluding hydrogens is 365 g/mol. The lowest BCUT2D eigenvalue weighted by molar-refractivity contribution is 0.104. The van der Waals surface area contributed by atoms with Gasteiger partial charge >= 0.3 is 5.69 Å². The second-order valence-electron chi connectivity index (χ2n) is 5.70. The van der Waals surface area contributed by atoms with Gasteiger partial charge in [-0.15, -0.1) is 0 Å². The number of aromatic nitrogens is 2. The van der Waals surface area contributed by atoms with E-state index in [1.54, 1.807) is 24.3 Å². The summed E-state index contributed by atoms with van der Waals surface area (Å²) in [6.45, 7) is 2.30. The van der Waals surface area contributed by atoms with Crippen LogP contribution in [0.2, 0.25) is 10.0 Å². The van der Waals surface area contributed by atoms with Gasteiger partial charge in [-0.3, -0.25) is 18.7 Å². The molecule has 1 aliphatic rings. The van der Waals surface area contributed by atoms with Crippen molar-refractivity contribution in [3.63, 3.8) is 0 Å². The monoisotopic (exact) mass is 379 g/mol. The van der Waals surface area contributed by atoms with Crippen LogP contribution in [-0.4, -0.2) is 14.9 Å². The molecule has 0 amide bonds. The standard InChI is InChI=1S/C17H15Cl2N3O3/c1-3-6-22-15-13(16(24)21(2)17(22)25)14(23)12(20-15)7-9-4-5-10(18)8-11(9)19/h4-5,7-8,20H,3,6H2,1-2H3/b12-7-. The van der Waals surface area contributed by atoms with E-state index in [9.17, 15) is 14.4 Å². The SMILES string of the molecule is CCCn1c2c(c(=O)n(C)c1=O)C(=O)/C(=C/c1ccc(Cl)cc1Cl)N2. The second-order valence-corrected chi connectivity index (χ2v) is 6.54. The van der Waals surface area contributed by atoms with Crippen molar-refractivity contribution in [2.75, 3.05) is 5.32 Å². The van der Waals surface area contributed by atoms with Gasteiger partial charge in [-0.05, 0) is 30.2 Å². The highest BCUT2D eigenvalue weighted by Gasteiger charge is 2.32. The molecule has 8 heteroatoms. The molecule has 25 heavy (non-hydrogen) atoms. The molecule has 1 N–H and O–H groups in total. The first kappa shape index (κ1) is 17.5. The number of rotatable bonds is 3. The molecule has 6 nitrogen and oxygen atoms in total. The van der Waals surface area contributed by atoms with Crippen molar-refractivity contribution < 1.29 is 4.79 Å². The quantitative estimate of drug-likeness (QED) is 0.832. The average Bonchev–Trinajstić information content (AvgIpc) is 2.89. The fourth-order valence-electron chi connectivity index (χ4n) is 2.73. The Labute approximate surface area is 153 Å². The number of hydrogen-bond acceptors (Lipinski definition) is 4. The van der Waals surface area contributed by atoms with Crippen LogP contribution < -0.4 is 16.6 Å². The Balaban J connectivity index is 2.17. The summed E-state index contributed by atoms with van der Waals surface area (Å²) in [5, 5.41) is 3.76. The third-order valence-electron chi connectivity index (χ3n) is 3.98. The van der Waals surface area contributed by atoms with E-state index < -0.39 is 17.0 Å². The predicted octanol–water partition coefficient (Wildman–Crippen LogP) is 2.91. The summed E-state index contributed by atoms with van der Waals surface area (Å²) in [7, 11) is 1.36. The lowest BCUT2D eigenvalue weighted by atomic mass is 10.1. The highest BCUT2D eigenvalue weighted by molar-refractivity contribution is 6.35. The fourth-order valence-corrected chi connectivity index (χ4v) is 3.19. The molecule has 3 rings (SSSR count). The van der Waals surface area contributed by atoms with Crippen molar-refractivity contribution in [1.82, 2.24) is 9.13 Å². The van der Waals surface area contributed by atoms with Crippen LogP contribution in [0.5, 0.6) is 0 Å². The number of carbonyl (C=O) groups excluding carboxylic acids is 1. The maximum Gasteiger partial charge on any atom is 0.332 e. The lowest BCUT2D eigenvalue weighted by Crippen LogP contribution is -2.40. The first-order valence-corrected chi connectivity index (χ1v) is 8.43. The number of anilines is 1. The van der Waals surface area contributed by atoms with Crippen molar-refractivity contribution in [1.29, 1.82) is 0 Å². The number of nitrogens with one attached hydrogen (secondary N) is 1. The zero-order valence-corrected chi connectivity index (χ0v) is 15.1. The number of hydrogen-bond donors (Lipinski definition) is 1. The number of nitrogens with zero attached hydrogens (tertiary/aromatic N) is 2.